The van der Waals surface area contributed by atoms with Crippen molar-refractivity contribution in [1.82, 2.24) is 15.0 Å². The fraction of sp³-hybridized carbons (Fsp3) is 0.227. The monoisotopic (exact) mass is 436 g/mol. The minimum absolute atomic E-state index is 0.146. The third kappa shape index (κ3) is 4.06. The van der Waals surface area contributed by atoms with E-state index in [-0.39, 0.29) is 5.91 Å². The number of pyridine rings is 3. The van der Waals surface area contributed by atoms with E-state index in [1.54, 1.807) is 36.5 Å². The quantitative estimate of drug-likeness (QED) is 0.468. The first kappa shape index (κ1) is 20.7. The topological polar surface area (TPSA) is 91.3 Å². The molecule has 31 heavy (non-hydrogen) atoms. The highest BCUT2D eigenvalue weighted by molar-refractivity contribution is 6.29. The Morgan fingerprint density at radius 2 is 1.90 bits per heavy atom. The number of halogens is 1. The average molecular weight is 437 g/mol. The zero-order chi connectivity index (χ0) is 22.0. The number of nitrogens with one attached hydrogen (secondary N) is 1. The van der Waals surface area contributed by atoms with Crippen LogP contribution < -0.4 is 15.1 Å². The van der Waals surface area contributed by atoms with Crippen LogP contribution in [-0.2, 0) is 17.6 Å². The summed E-state index contributed by atoms with van der Waals surface area (Å²) in [7, 11) is 1.73. The number of nitrogens with zero attached hydrogens (tertiary/aromatic N) is 5. The van der Waals surface area contributed by atoms with E-state index < -0.39 is 0 Å². The van der Waals surface area contributed by atoms with E-state index in [0.717, 1.165) is 17.5 Å². The van der Waals surface area contributed by atoms with Crippen molar-refractivity contribution in [2.75, 3.05) is 28.7 Å². The number of anilines is 4. The first-order chi connectivity index (χ1) is 15.0. The molecule has 0 aliphatic carbocycles. The molecular weight excluding hydrogens is 416 g/mol. The van der Waals surface area contributed by atoms with Crippen molar-refractivity contribution in [1.29, 1.82) is 0 Å². The summed E-state index contributed by atoms with van der Waals surface area (Å²) in [5.74, 6) is 1.54. The van der Waals surface area contributed by atoms with Crippen LogP contribution in [0.5, 0.6) is 0 Å². The number of fused-ring (bicyclic) bond motifs is 2. The van der Waals surface area contributed by atoms with E-state index in [1.807, 2.05) is 30.0 Å². The van der Waals surface area contributed by atoms with Crippen molar-refractivity contribution < 1.29 is 9.59 Å². The molecule has 4 rings (SSSR count). The second kappa shape index (κ2) is 8.69. The molecule has 8 nitrogen and oxygen atoms in total. The molecule has 0 saturated carbocycles. The number of hydrogen-bond acceptors (Lipinski definition) is 6. The Labute approximate surface area is 184 Å². The summed E-state index contributed by atoms with van der Waals surface area (Å²) >= 11 is 6.13. The molecule has 0 radical (unpaired) electrons. The molecule has 3 aromatic heterocycles. The van der Waals surface area contributed by atoms with Crippen molar-refractivity contribution in [3.8, 4) is 0 Å². The summed E-state index contributed by atoms with van der Waals surface area (Å²) < 4.78 is 0. The minimum Gasteiger partial charge on any atom is -0.313 e. The SMILES string of the molecule is CCN1c2ncc(CCc3ccnc(NC=O)c3)cc2C(=O)N(C)c2ccc(Cl)nc21. The van der Waals surface area contributed by atoms with Gasteiger partial charge in [0.25, 0.3) is 5.91 Å². The summed E-state index contributed by atoms with van der Waals surface area (Å²) in [4.78, 5) is 40.5. The molecular formula is C22H21ClN6O2. The molecule has 0 fully saturated rings. The maximum Gasteiger partial charge on any atom is 0.261 e. The summed E-state index contributed by atoms with van der Waals surface area (Å²) in [6.07, 6.45) is 5.45. The van der Waals surface area contributed by atoms with Crippen LogP contribution in [0.25, 0.3) is 0 Å². The Kier molecular flexibility index (Phi) is 5.81. The fourth-order valence-corrected chi connectivity index (χ4v) is 3.78. The van der Waals surface area contributed by atoms with Gasteiger partial charge in [0.1, 0.15) is 16.8 Å². The Balaban J connectivity index is 1.65. The van der Waals surface area contributed by atoms with Gasteiger partial charge < -0.3 is 15.1 Å². The third-order valence-electron chi connectivity index (χ3n) is 5.20. The third-order valence-corrected chi connectivity index (χ3v) is 5.41. The Bertz CT molecular complexity index is 1150. The van der Waals surface area contributed by atoms with Gasteiger partial charge in [-0.15, -0.1) is 0 Å². The molecule has 1 aliphatic heterocycles. The van der Waals surface area contributed by atoms with Gasteiger partial charge in [-0.3, -0.25) is 9.59 Å². The predicted octanol–water partition coefficient (Wildman–Crippen LogP) is 3.63. The number of amides is 2. The van der Waals surface area contributed by atoms with Gasteiger partial charge in [-0.2, -0.15) is 0 Å². The van der Waals surface area contributed by atoms with Gasteiger partial charge in [-0.05, 0) is 61.2 Å². The maximum atomic E-state index is 13.2. The predicted molar refractivity (Wildman–Crippen MR) is 120 cm³/mol. The number of carbonyl (C=O) groups is 2. The van der Waals surface area contributed by atoms with Crippen LogP contribution in [0.1, 0.15) is 28.4 Å². The normalized spacial score (nSPS) is 12.8. The minimum atomic E-state index is -0.146. The van der Waals surface area contributed by atoms with Crippen LogP contribution >= 0.6 is 11.6 Å². The van der Waals surface area contributed by atoms with Crippen LogP contribution in [0.2, 0.25) is 5.15 Å². The largest absolute Gasteiger partial charge is 0.313 e. The Hall–Kier alpha value is -3.52. The Morgan fingerprint density at radius 3 is 2.68 bits per heavy atom. The van der Waals surface area contributed by atoms with E-state index in [0.29, 0.717) is 53.2 Å². The molecule has 0 aromatic carbocycles. The lowest BCUT2D eigenvalue weighted by atomic mass is 10.0. The summed E-state index contributed by atoms with van der Waals surface area (Å²) in [5.41, 5.74) is 3.17. The van der Waals surface area contributed by atoms with Crippen molar-refractivity contribution >= 4 is 47.1 Å². The second-order valence-electron chi connectivity index (χ2n) is 7.11. The number of carbonyl (C=O) groups excluding carboxylic acids is 2. The van der Waals surface area contributed by atoms with Crippen LogP contribution in [0.15, 0.2) is 42.7 Å². The zero-order valence-corrected chi connectivity index (χ0v) is 17.9. The standard InChI is InChI=1S/C22H21ClN6O2/c1-3-29-20-16(22(31)28(2)17-6-7-18(23)27-21(17)29)10-15(12-25-20)5-4-14-8-9-24-19(11-14)26-13-30/h6-13H,3-5H2,1-2H3,(H,24,26,30). The van der Waals surface area contributed by atoms with E-state index >= 15 is 0 Å². The average Bonchev–Trinajstić information content (AvgIpc) is 2.86. The molecule has 0 unspecified atom stereocenters. The molecule has 0 bridgehead atoms. The maximum absolute atomic E-state index is 13.2. The molecule has 0 spiro atoms. The second-order valence-corrected chi connectivity index (χ2v) is 7.50. The fourth-order valence-electron chi connectivity index (χ4n) is 3.64. The molecule has 1 N–H and O–H groups in total. The molecule has 4 heterocycles. The number of hydrogen-bond donors (Lipinski definition) is 1. The van der Waals surface area contributed by atoms with Gasteiger partial charge in [-0.1, -0.05) is 11.6 Å². The van der Waals surface area contributed by atoms with Gasteiger partial charge in [0.15, 0.2) is 5.82 Å². The van der Waals surface area contributed by atoms with Gasteiger partial charge >= 0.3 is 0 Å². The highest BCUT2D eigenvalue weighted by atomic mass is 35.5. The summed E-state index contributed by atoms with van der Waals surface area (Å²) in [6.45, 7) is 2.57. The van der Waals surface area contributed by atoms with Crippen molar-refractivity contribution in [3.63, 3.8) is 0 Å². The molecule has 0 atom stereocenters. The van der Waals surface area contributed by atoms with Crippen molar-refractivity contribution in [2.45, 2.75) is 19.8 Å². The van der Waals surface area contributed by atoms with E-state index in [4.69, 9.17) is 11.6 Å². The van der Waals surface area contributed by atoms with Crippen LogP contribution in [-0.4, -0.2) is 40.9 Å². The van der Waals surface area contributed by atoms with Crippen LogP contribution in [0, 0.1) is 0 Å². The van der Waals surface area contributed by atoms with Gasteiger partial charge in [0, 0.05) is 26.0 Å². The highest BCUT2D eigenvalue weighted by Crippen LogP contribution is 2.38. The molecule has 158 valence electrons. The van der Waals surface area contributed by atoms with Gasteiger partial charge in [-0.25, -0.2) is 15.0 Å². The Morgan fingerprint density at radius 1 is 1.10 bits per heavy atom. The number of rotatable bonds is 6. The highest BCUT2D eigenvalue weighted by Gasteiger charge is 2.30. The lowest BCUT2D eigenvalue weighted by Gasteiger charge is -2.23. The van der Waals surface area contributed by atoms with Gasteiger partial charge in [0.2, 0.25) is 6.41 Å². The molecule has 1 aliphatic rings. The van der Waals surface area contributed by atoms with E-state index in [2.05, 4.69) is 20.3 Å². The summed E-state index contributed by atoms with van der Waals surface area (Å²) in [5, 5.41) is 2.91. The first-order valence-electron chi connectivity index (χ1n) is 9.88. The van der Waals surface area contributed by atoms with E-state index in [1.165, 1.54) is 0 Å². The van der Waals surface area contributed by atoms with E-state index in [9.17, 15) is 9.59 Å². The van der Waals surface area contributed by atoms with Crippen molar-refractivity contribution in [2.24, 2.45) is 0 Å². The van der Waals surface area contributed by atoms with Gasteiger partial charge in [0.05, 0.1) is 11.3 Å². The van der Waals surface area contributed by atoms with Crippen molar-refractivity contribution in [3.05, 3.63) is 64.6 Å². The smallest absolute Gasteiger partial charge is 0.261 e. The number of aromatic nitrogens is 3. The molecule has 3 aromatic rings. The van der Waals surface area contributed by atoms with Crippen LogP contribution in [0.4, 0.5) is 23.1 Å². The lowest BCUT2D eigenvalue weighted by molar-refractivity contribution is -0.105. The molecule has 2 amide bonds. The van der Waals surface area contributed by atoms with Crippen LogP contribution in [0.3, 0.4) is 0 Å². The number of aryl methyl sites for hydroxylation is 2. The summed E-state index contributed by atoms with van der Waals surface area (Å²) in [6, 6.07) is 9.09. The molecule has 9 heteroatoms. The lowest BCUT2D eigenvalue weighted by Crippen LogP contribution is -2.25. The molecule has 0 saturated heterocycles. The first-order valence-corrected chi connectivity index (χ1v) is 10.3. The zero-order valence-electron chi connectivity index (χ0n) is 17.2.